The quantitative estimate of drug-likeness (QED) is 0.768. The van der Waals surface area contributed by atoms with E-state index in [1.807, 2.05) is 0 Å². The van der Waals surface area contributed by atoms with Gasteiger partial charge in [-0.25, -0.2) is 0 Å². The maximum atomic E-state index is 12.2. The number of carbonyl (C=O) groups excluding carboxylic acids is 1. The number of rotatable bonds is 6. The molecule has 0 aromatic heterocycles. The lowest BCUT2D eigenvalue weighted by Gasteiger charge is -2.38. The van der Waals surface area contributed by atoms with Crippen molar-refractivity contribution in [3.8, 4) is 0 Å². The third kappa shape index (κ3) is 5.24. The van der Waals surface area contributed by atoms with Crippen LogP contribution < -0.4 is 10.6 Å². The van der Waals surface area contributed by atoms with Crippen LogP contribution >= 0.6 is 0 Å². The minimum atomic E-state index is 0.179. The highest BCUT2D eigenvalue weighted by Gasteiger charge is 2.28. The summed E-state index contributed by atoms with van der Waals surface area (Å²) < 4.78 is 5.33. The third-order valence-electron chi connectivity index (χ3n) is 4.76. The number of nitrogens with one attached hydrogen (secondary N) is 2. The van der Waals surface area contributed by atoms with Crippen molar-refractivity contribution < 1.29 is 9.53 Å². The minimum absolute atomic E-state index is 0.179. The molecular weight excluding hydrogens is 266 g/mol. The van der Waals surface area contributed by atoms with Gasteiger partial charge in [0.25, 0.3) is 0 Å². The zero-order valence-electron chi connectivity index (χ0n) is 13.6. The Morgan fingerprint density at radius 2 is 2.00 bits per heavy atom. The molecule has 2 aliphatic rings. The van der Waals surface area contributed by atoms with Crippen LogP contribution in [-0.2, 0) is 9.53 Å². The van der Waals surface area contributed by atoms with Gasteiger partial charge in [0.05, 0.1) is 6.54 Å². The Morgan fingerprint density at radius 3 is 2.67 bits per heavy atom. The lowest BCUT2D eigenvalue weighted by atomic mass is 9.90. The van der Waals surface area contributed by atoms with E-state index in [4.69, 9.17) is 4.74 Å². The van der Waals surface area contributed by atoms with Crippen molar-refractivity contribution in [2.75, 3.05) is 39.4 Å². The summed E-state index contributed by atoms with van der Waals surface area (Å²) in [6.45, 7) is 9.61. The Morgan fingerprint density at radius 1 is 1.24 bits per heavy atom. The van der Waals surface area contributed by atoms with Gasteiger partial charge < -0.3 is 15.4 Å². The van der Waals surface area contributed by atoms with Gasteiger partial charge in [-0.3, -0.25) is 9.69 Å². The maximum Gasteiger partial charge on any atom is 0.234 e. The van der Waals surface area contributed by atoms with E-state index in [0.29, 0.717) is 24.5 Å². The largest absolute Gasteiger partial charge is 0.381 e. The molecule has 0 bridgehead atoms. The van der Waals surface area contributed by atoms with Gasteiger partial charge in [0, 0.05) is 38.4 Å². The Labute approximate surface area is 128 Å². The fourth-order valence-corrected chi connectivity index (χ4v) is 3.51. The Bertz CT molecular complexity index is 319. The number of carbonyl (C=O) groups is 1. The van der Waals surface area contributed by atoms with Crippen molar-refractivity contribution in [3.05, 3.63) is 0 Å². The summed E-state index contributed by atoms with van der Waals surface area (Å²) in [5.41, 5.74) is 0. The monoisotopic (exact) mass is 297 g/mol. The van der Waals surface area contributed by atoms with Crippen LogP contribution in [0, 0.1) is 5.92 Å². The van der Waals surface area contributed by atoms with Crippen molar-refractivity contribution in [1.29, 1.82) is 0 Å². The molecule has 2 N–H and O–H groups in total. The number of hydrogen-bond acceptors (Lipinski definition) is 4. The van der Waals surface area contributed by atoms with E-state index in [2.05, 4.69) is 29.4 Å². The molecule has 122 valence electrons. The van der Waals surface area contributed by atoms with Crippen LogP contribution in [0.15, 0.2) is 0 Å². The van der Waals surface area contributed by atoms with Crippen LogP contribution in [-0.4, -0.2) is 62.3 Å². The first-order valence-electron chi connectivity index (χ1n) is 8.55. The molecule has 21 heavy (non-hydrogen) atoms. The normalized spacial score (nSPS) is 28.5. The van der Waals surface area contributed by atoms with Gasteiger partial charge in [-0.1, -0.05) is 20.3 Å². The van der Waals surface area contributed by atoms with Gasteiger partial charge in [-0.15, -0.1) is 0 Å². The molecule has 0 aromatic carbocycles. The first kappa shape index (κ1) is 16.7. The highest BCUT2D eigenvalue weighted by Crippen LogP contribution is 2.20. The van der Waals surface area contributed by atoms with Gasteiger partial charge in [-0.05, 0) is 31.7 Å². The molecule has 2 atom stereocenters. The zero-order valence-corrected chi connectivity index (χ0v) is 13.6. The summed E-state index contributed by atoms with van der Waals surface area (Å²) >= 11 is 0. The predicted molar refractivity (Wildman–Crippen MR) is 84.3 cm³/mol. The molecule has 2 saturated heterocycles. The number of hydrogen-bond donors (Lipinski definition) is 2. The van der Waals surface area contributed by atoms with Crippen LogP contribution in [0.5, 0.6) is 0 Å². The van der Waals surface area contributed by atoms with Crippen LogP contribution in [0.4, 0.5) is 0 Å². The standard InChI is InChI=1S/C16H31N3O2/c1-3-13-11-19(8-5-15(13)17-4-2)12-16(20)18-14-6-9-21-10-7-14/h13-15,17H,3-12H2,1-2H3,(H,18,20). The van der Waals surface area contributed by atoms with Crippen LogP contribution in [0.1, 0.15) is 39.5 Å². The Hall–Kier alpha value is -0.650. The van der Waals surface area contributed by atoms with Gasteiger partial charge >= 0.3 is 0 Å². The van der Waals surface area contributed by atoms with Gasteiger partial charge in [0.1, 0.15) is 0 Å². The van der Waals surface area contributed by atoms with E-state index in [0.717, 1.165) is 52.1 Å². The van der Waals surface area contributed by atoms with E-state index in [9.17, 15) is 4.79 Å². The molecule has 2 unspecified atom stereocenters. The molecule has 1 amide bonds. The molecule has 0 spiro atoms. The fourth-order valence-electron chi connectivity index (χ4n) is 3.51. The predicted octanol–water partition coefficient (Wildman–Crippen LogP) is 0.992. The van der Waals surface area contributed by atoms with E-state index in [1.54, 1.807) is 0 Å². The second-order valence-corrected chi connectivity index (χ2v) is 6.31. The Kier molecular flexibility index (Phi) is 6.93. The summed E-state index contributed by atoms with van der Waals surface area (Å²) in [6.07, 6.45) is 4.23. The SMILES string of the molecule is CCNC1CCN(CC(=O)NC2CCOCC2)CC1CC. The number of ether oxygens (including phenoxy) is 1. The second kappa shape index (κ2) is 8.71. The number of likely N-dealkylation sites (tertiary alicyclic amines) is 1. The molecule has 2 heterocycles. The van der Waals surface area contributed by atoms with Gasteiger partial charge in [0.15, 0.2) is 0 Å². The fraction of sp³-hybridized carbons (Fsp3) is 0.938. The highest BCUT2D eigenvalue weighted by atomic mass is 16.5. The first-order valence-corrected chi connectivity index (χ1v) is 8.55. The number of nitrogens with zero attached hydrogens (tertiary/aromatic N) is 1. The average Bonchev–Trinajstić information content (AvgIpc) is 2.50. The molecule has 5 heteroatoms. The summed E-state index contributed by atoms with van der Waals surface area (Å²) in [6, 6.07) is 0.933. The van der Waals surface area contributed by atoms with Crippen LogP contribution in [0.3, 0.4) is 0 Å². The van der Waals surface area contributed by atoms with E-state index < -0.39 is 0 Å². The molecule has 0 aliphatic carbocycles. The van der Waals surface area contributed by atoms with E-state index in [1.165, 1.54) is 6.42 Å². The summed E-state index contributed by atoms with van der Waals surface area (Å²) in [4.78, 5) is 14.5. The molecule has 2 fully saturated rings. The van der Waals surface area contributed by atoms with Crippen molar-refractivity contribution >= 4 is 5.91 Å². The first-order chi connectivity index (χ1) is 10.2. The molecule has 0 aromatic rings. The van der Waals surface area contributed by atoms with Crippen molar-refractivity contribution in [1.82, 2.24) is 15.5 Å². The minimum Gasteiger partial charge on any atom is -0.381 e. The third-order valence-corrected chi connectivity index (χ3v) is 4.76. The number of amides is 1. The lowest BCUT2D eigenvalue weighted by Crippen LogP contribution is -2.52. The highest BCUT2D eigenvalue weighted by molar-refractivity contribution is 5.78. The number of piperidine rings is 1. The maximum absolute atomic E-state index is 12.2. The molecular formula is C16H31N3O2. The Balaban J connectivity index is 1.73. The van der Waals surface area contributed by atoms with Crippen LogP contribution in [0.2, 0.25) is 0 Å². The molecule has 5 nitrogen and oxygen atoms in total. The van der Waals surface area contributed by atoms with Gasteiger partial charge in [0.2, 0.25) is 5.91 Å². The van der Waals surface area contributed by atoms with E-state index >= 15 is 0 Å². The molecule has 2 rings (SSSR count). The van der Waals surface area contributed by atoms with Crippen molar-refractivity contribution in [3.63, 3.8) is 0 Å². The topological polar surface area (TPSA) is 53.6 Å². The smallest absolute Gasteiger partial charge is 0.234 e. The summed E-state index contributed by atoms with van der Waals surface area (Å²) in [7, 11) is 0. The summed E-state index contributed by atoms with van der Waals surface area (Å²) in [5.74, 6) is 0.841. The van der Waals surface area contributed by atoms with Gasteiger partial charge in [-0.2, -0.15) is 0 Å². The van der Waals surface area contributed by atoms with Crippen molar-refractivity contribution in [2.24, 2.45) is 5.92 Å². The average molecular weight is 297 g/mol. The molecule has 0 radical (unpaired) electrons. The zero-order chi connectivity index (χ0) is 15.1. The second-order valence-electron chi connectivity index (χ2n) is 6.31. The molecule has 2 aliphatic heterocycles. The summed E-state index contributed by atoms with van der Waals surface area (Å²) in [5, 5.41) is 6.74. The van der Waals surface area contributed by atoms with Crippen molar-refractivity contribution in [2.45, 2.75) is 51.6 Å². The van der Waals surface area contributed by atoms with Crippen LogP contribution in [0.25, 0.3) is 0 Å². The lowest BCUT2D eigenvalue weighted by molar-refractivity contribution is -0.124. The van der Waals surface area contributed by atoms with E-state index in [-0.39, 0.29) is 5.91 Å². The molecule has 0 saturated carbocycles.